The van der Waals surface area contributed by atoms with Crippen LogP contribution in [0.4, 0.5) is 8.78 Å². The predicted octanol–water partition coefficient (Wildman–Crippen LogP) is 2.91. The number of benzene rings is 2. The van der Waals surface area contributed by atoms with Crippen molar-refractivity contribution in [3.8, 4) is 11.5 Å². The van der Waals surface area contributed by atoms with E-state index in [1.165, 1.54) is 6.07 Å². The van der Waals surface area contributed by atoms with Gasteiger partial charge in [-0.25, -0.2) is 8.78 Å². The number of aliphatic hydroxyl groups excluding tert-OH is 1. The molecule has 0 aliphatic carbocycles. The first-order valence-corrected chi connectivity index (χ1v) is 7.30. The molecule has 0 spiro atoms. The third kappa shape index (κ3) is 3.28. The van der Waals surface area contributed by atoms with E-state index in [9.17, 15) is 13.9 Å². The number of hydrogen-bond donors (Lipinski definition) is 2. The van der Waals surface area contributed by atoms with Crippen LogP contribution < -0.4 is 14.8 Å². The highest BCUT2D eigenvalue weighted by molar-refractivity contribution is 5.48. The molecule has 2 atom stereocenters. The molecule has 0 aromatic heterocycles. The first-order valence-electron chi connectivity index (χ1n) is 7.30. The van der Waals surface area contributed by atoms with E-state index in [2.05, 4.69) is 5.32 Å². The van der Waals surface area contributed by atoms with Gasteiger partial charge in [0.05, 0.1) is 6.10 Å². The lowest BCUT2D eigenvalue weighted by Crippen LogP contribution is -2.31. The molecule has 1 aliphatic heterocycles. The molecule has 4 nitrogen and oxygen atoms in total. The molecular weight excluding hydrogens is 304 g/mol. The number of hydrogen-bond acceptors (Lipinski definition) is 4. The lowest BCUT2D eigenvalue weighted by molar-refractivity contribution is 0.134. The van der Waals surface area contributed by atoms with Gasteiger partial charge in [0.25, 0.3) is 0 Å². The van der Waals surface area contributed by atoms with E-state index in [1.807, 2.05) is 18.2 Å². The van der Waals surface area contributed by atoms with Gasteiger partial charge in [0.1, 0.15) is 0 Å². The normalized spacial score (nSPS) is 15.5. The fourth-order valence-electron chi connectivity index (χ4n) is 2.50. The fraction of sp³-hybridized carbons (Fsp3) is 0.294. The molecule has 2 aromatic rings. The molecule has 2 unspecified atom stereocenters. The number of rotatable bonds is 5. The van der Waals surface area contributed by atoms with Crippen LogP contribution in [-0.2, 0) is 6.54 Å². The average molecular weight is 321 g/mol. The zero-order valence-electron chi connectivity index (χ0n) is 12.6. The van der Waals surface area contributed by atoms with Crippen LogP contribution in [0.25, 0.3) is 0 Å². The SMILES string of the molecule is CC(NCc1cccc2c1OCO2)C(O)c1ccc(F)c(F)c1. The van der Waals surface area contributed by atoms with Gasteiger partial charge < -0.3 is 19.9 Å². The Balaban J connectivity index is 1.66. The number of fused-ring (bicyclic) bond motifs is 1. The van der Waals surface area contributed by atoms with E-state index in [-0.39, 0.29) is 12.8 Å². The maximum absolute atomic E-state index is 13.3. The zero-order chi connectivity index (χ0) is 16.4. The van der Waals surface area contributed by atoms with Gasteiger partial charge in [0.2, 0.25) is 6.79 Å². The third-order valence-corrected chi connectivity index (χ3v) is 3.85. The van der Waals surface area contributed by atoms with Crippen molar-refractivity contribution in [1.29, 1.82) is 0 Å². The largest absolute Gasteiger partial charge is 0.454 e. The second-order valence-electron chi connectivity index (χ2n) is 5.44. The zero-order valence-corrected chi connectivity index (χ0v) is 12.6. The Morgan fingerprint density at radius 3 is 2.78 bits per heavy atom. The highest BCUT2D eigenvalue weighted by Crippen LogP contribution is 2.35. The highest BCUT2D eigenvalue weighted by atomic mass is 19.2. The van der Waals surface area contributed by atoms with Crippen LogP contribution in [0.1, 0.15) is 24.2 Å². The summed E-state index contributed by atoms with van der Waals surface area (Å²) in [5.41, 5.74) is 1.23. The van der Waals surface area contributed by atoms with Crippen LogP contribution in [0.15, 0.2) is 36.4 Å². The van der Waals surface area contributed by atoms with Crippen molar-refractivity contribution in [2.45, 2.75) is 25.6 Å². The molecule has 3 rings (SSSR count). The third-order valence-electron chi connectivity index (χ3n) is 3.85. The number of aliphatic hydroxyl groups is 1. The van der Waals surface area contributed by atoms with E-state index in [0.717, 1.165) is 17.7 Å². The Labute approximate surface area is 132 Å². The van der Waals surface area contributed by atoms with Crippen molar-refractivity contribution in [2.24, 2.45) is 0 Å². The van der Waals surface area contributed by atoms with Gasteiger partial charge in [-0.05, 0) is 30.7 Å². The van der Waals surface area contributed by atoms with Crippen LogP contribution in [0.3, 0.4) is 0 Å². The Bertz CT molecular complexity index is 708. The number of para-hydroxylation sites is 1. The Hall–Kier alpha value is -2.18. The Morgan fingerprint density at radius 1 is 1.17 bits per heavy atom. The first-order chi connectivity index (χ1) is 11.1. The number of halogens is 2. The molecule has 2 aromatic carbocycles. The van der Waals surface area contributed by atoms with Gasteiger partial charge in [0, 0.05) is 18.2 Å². The molecular formula is C17H17F2NO3. The van der Waals surface area contributed by atoms with E-state index in [0.29, 0.717) is 23.6 Å². The van der Waals surface area contributed by atoms with Gasteiger partial charge in [-0.15, -0.1) is 0 Å². The minimum Gasteiger partial charge on any atom is -0.454 e. The van der Waals surface area contributed by atoms with Gasteiger partial charge in [-0.1, -0.05) is 18.2 Å². The van der Waals surface area contributed by atoms with Gasteiger partial charge in [0.15, 0.2) is 23.1 Å². The topological polar surface area (TPSA) is 50.7 Å². The van der Waals surface area contributed by atoms with Gasteiger partial charge in [-0.2, -0.15) is 0 Å². The molecule has 0 fully saturated rings. The molecule has 0 radical (unpaired) electrons. The van der Waals surface area contributed by atoms with Crippen molar-refractivity contribution in [3.05, 3.63) is 59.2 Å². The summed E-state index contributed by atoms with van der Waals surface area (Å²) in [5, 5.41) is 13.4. The average Bonchev–Trinajstić information content (AvgIpc) is 3.03. The first kappa shape index (κ1) is 15.7. The van der Waals surface area contributed by atoms with Crippen molar-refractivity contribution >= 4 is 0 Å². The van der Waals surface area contributed by atoms with Crippen LogP contribution in [0.5, 0.6) is 11.5 Å². The summed E-state index contributed by atoms with van der Waals surface area (Å²) in [6.07, 6.45) is -0.959. The summed E-state index contributed by atoms with van der Waals surface area (Å²) >= 11 is 0. The number of ether oxygens (including phenoxy) is 2. The molecule has 0 saturated carbocycles. The summed E-state index contributed by atoms with van der Waals surface area (Å²) < 4.78 is 37.0. The smallest absolute Gasteiger partial charge is 0.231 e. The maximum Gasteiger partial charge on any atom is 0.231 e. The summed E-state index contributed by atoms with van der Waals surface area (Å²) in [4.78, 5) is 0. The molecule has 6 heteroatoms. The summed E-state index contributed by atoms with van der Waals surface area (Å²) in [7, 11) is 0. The lowest BCUT2D eigenvalue weighted by Gasteiger charge is -2.21. The van der Waals surface area contributed by atoms with E-state index in [4.69, 9.17) is 9.47 Å². The lowest BCUT2D eigenvalue weighted by atomic mass is 10.0. The quantitative estimate of drug-likeness (QED) is 0.889. The van der Waals surface area contributed by atoms with Crippen molar-refractivity contribution in [2.75, 3.05) is 6.79 Å². The summed E-state index contributed by atoms with van der Waals surface area (Å²) in [6.45, 7) is 2.42. The second-order valence-corrected chi connectivity index (χ2v) is 5.44. The number of nitrogens with one attached hydrogen (secondary N) is 1. The molecule has 23 heavy (non-hydrogen) atoms. The van der Waals surface area contributed by atoms with Gasteiger partial charge in [-0.3, -0.25) is 0 Å². The summed E-state index contributed by atoms with van der Waals surface area (Å²) in [6, 6.07) is 8.62. The molecule has 0 saturated heterocycles. The standard InChI is InChI=1S/C17H17F2NO3/c1-10(16(21)11-5-6-13(18)14(19)7-11)20-8-12-3-2-4-15-17(12)23-9-22-15/h2-7,10,16,20-21H,8-9H2,1H3. The molecule has 1 aliphatic rings. The Morgan fingerprint density at radius 2 is 2.00 bits per heavy atom. The second kappa shape index (κ2) is 6.52. The molecule has 1 heterocycles. The van der Waals surface area contributed by atoms with Gasteiger partial charge >= 0.3 is 0 Å². The minimum atomic E-state index is -0.972. The maximum atomic E-state index is 13.3. The van der Waals surface area contributed by atoms with Crippen LogP contribution >= 0.6 is 0 Å². The van der Waals surface area contributed by atoms with Crippen molar-refractivity contribution in [1.82, 2.24) is 5.32 Å². The summed E-state index contributed by atoms with van der Waals surface area (Å²) in [5.74, 6) is -0.522. The Kier molecular flexibility index (Phi) is 4.45. The molecule has 0 bridgehead atoms. The van der Waals surface area contributed by atoms with E-state index in [1.54, 1.807) is 6.92 Å². The van der Waals surface area contributed by atoms with Crippen molar-refractivity contribution < 1.29 is 23.4 Å². The molecule has 0 amide bonds. The van der Waals surface area contributed by atoms with Crippen molar-refractivity contribution in [3.63, 3.8) is 0 Å². The minimum absolute atomic E-state index is 0.194. The molecule has 122 valence electrons. The van der Waals surface area contributed by atoms with E-state index < -0.39 is 17.7 Å². The highest BCUT2D eigenvalue weighted by Gasteiger charge is 2.20. The fourth-order valence-corrected chi connectivity index (χ4v) is 2.50. The van der Waals surface area contributed by atoms with Crippen LogP contribution in [-0.4, -0.2) is 17.9 Å². The predicted molar refractivity (Wildman–Crippen MR) is 80.2 cm³/mol. The monoisotopic (exact) mass is 321 g/mol. The van der Waals surface area contributed by atoms with Crippen LogP contribution in [0.2, 0.25) is 0 Å². The van der Waals surface area contributed by atoms with E-state index >= 15 is 0 Å². The molecule has 2 N–H and O–H groups in total. The van der Waals surface area contributed by atoms with Crippen LogP contribution in [0, 0.1) is 11.6 Å².